The number of allylic oxidation sites excluding steroid dienone is 1. The SMILES string of the molecule is CC(=O)CC(C(=O)N1C(C2CCNCC2)SC[C@H]1C1=NC=C(c2ccc(C)cc2)C1)c1ccccc1. The maximum atomic E-state index is 14.4. The molecule has 188 valence electrons. The number of carbonyl (C=O) groups excluding carboxylic acids is 2. The number of benzene rings is 2. The monoisotopic (exact) mass is 501 g/mol. The van der Waals surface area contributed by atoms with E-state index in [0.29, 0.717) is 5.92 Å². The maximum absolute atomic E-state index is 14.4. The summed E-state index contributed by atoms with van der Waals surface area (Å²) in [7, 11) is 0. The minimum absolute atomic E-state index is 0.0419. The van der Waals surface area contributed by atoms with Crippen LogP contribution in [0.25, 0.3) is 5.57 Å². The quantitative estimate of drug-likeness (QED) is 0.566. The van der Waals surface area contributed by atoms with Crippen LogP contribution in [0.5, 0.6) is 0 Å². The van der Waals surface area contributed by atoms with Crippen molar-refractivity contribution >= 4 is 34.7 Å². The number of rotatable bonds is 7. The number of nitrogens with zero attached hydrogens (tertiary/aromatic N) is 2. The summed E-state index contributed by atoms with van der Waals surface area (Å²) < 4.78 is 0. The van der Waals surface area contributed by atoms with Gasteiger partial charge in [-0.05, 0) is 62.4 Å². The number of nitrogens with one attached hydrogen (secondary N) is 1. The van der Waals surface area contributed by atoms with Gasteiger partial charge < -0.3 is 10.2 Å². The Hall–Kier alpha value is -2.70. The van der Waals surface area contributed by atoms with Crippen LogP contribution in [0.1, 0.15) is 55.2 Å². The minimum atomic E-state index is -0.458. The number of aliphatic imine (C=N–C) groups is 1. The molecular weight excluding hydrogens is 466 g/mol. The van der Waals surface area contributed by atoms with Gasteiger partial charge in [0.2, 0.25) is 5.91 Å². The molecule has 0 aliphatic carbocycles. The minimum Gasteiger partial charge on any atom is -0.321 e. The summed E-state index contributed by atoms with van der Waals surface area (Å²) in [5.74, 6) is 0.962. The van der Waals surface area contributed by atoms with Crippen molar-refractivity contribution in [1.29, 1.82) is 0 Å². The molecule has 36 heavy (non-hydrogen) atoms. The molecule has 5 nitrogen and oxygen atoms in total. The van der Waals surface area contributed by atoms with Crippen LogP contribution in [0.2, 0.25) is 0 Å². The predicted octanol–water partition coefficient (Wildman–Crippen LogP) is 5.21. The second-order valence-electron chi connectivity index (χ2n) is 10.3. The molecule has 2 unspecified atom stereocenters. The average molecular weight is 502 g/mol. The van der Waals surface area contributed by atoms with Crippen LogP contribution in [0.4, 0.5) is 0 Å². The van der Waals surface area contributed by atoms with Crippen LogP contribution in [-0.2, 0) is 9.59 Å². The van der Waals surface area contributed by atoms with Crippen molar-refractivity contribution in [3.63, 3.8) is 0 Å². The highest BCUT2D eigenvalue weighted by Crippen LogP contribution is 2.42. The highest BCUT2D eigenvalue weighted by molar-refractivity contribution is 8.00. The van der Waals surface area contributed by atoms with E-state index >= 15 is 0 Å². The Labute approximate surface area is 218 Å². The molecule has 6 heteroatoms. The van der Waals surface area contributed by atoms with Crippen molar-refractivity contribution in [3.8, 4) is 0 Å². The lowest BCUT2D eigenvalue weighted by Crippen LogP contribution is -2.51. The molecule has 0 bridgehead atoms. The van der Waals surface area contributed by atoms with Crippen molar-refractivity contribution in [2.24, 2.45) is 10.9 Å². The smallest absolute Gasteiger partial charge is 0.232 e. The molecule has 2 saturated heterocycles. The molecule has 0 spiro atoms. The van der Waals surface area contributed by atoms with Crippen molar-refractivity contribution in [1.82, 2.24) is 10.2 Å². The zero-order valence-electron chi connectivity index (χ0n) is 21.2. The van der Waals surface area contributed by atoms with Gasteiger partial charge in [0.25, 0.3) is 0 Å². The van der Waals surface area contributed by atoms with Gasteiger partial charge in [-0.1, -0.05) is 60.2 Å². The number of hydrogen-bond acceptors (Lipinski definition) is 5. The summed E-state index contributed by atoms with van der Waals surface area (Å²) in [5, 5.41) is 3.58. The lowest BCUT2D eigenvalue weighted by Gasteiger charge is -2.38. The Balaban J connectivity index is 1.43. The molecule has 0 saturated carbocycles. The molecule has 1 N–H and O–H groups in total. The first-order valence-electron chi connectivity index (χ1n) is 13.0. The van der Waals surface area contributed by atoms with Crippen LogP contribution in [0, 0.1) is 12.8 Å². The van der Waals surface area contributed by atoms with Gasteiger partial charge in [-0.3, -0.25) is 14.6 Å². The van der Waals surface area contributed by atoms with Gasteiger partial charge in [0, 0.05) is 30.5 Å². The number of Topliss-reactive ketones (excluding diaryl/α,β-unsaturated/α-hetero) is 1. The lowest BCUT2D eigenvalue weighted by atomic mass is 9.89. The summed E-state index contributed by atoms with van der Waals surface area (Å²) in [6.45, 7) is 5.66. The number of carbonyl (C=O) groups is 2. The van der Waals surface area contributed by atoms with Crippen LogP contribution >= 0.6 is 11.8 Å². The largest absolute Gasteiger partial charge is 0.321 e. The topological polar surface area (TPSA) is 61.8 Å². The van der Waals surface area contributed by atoms with Crippen molar-refractivity contribution in [3.05, 3.63) is 77.5 Å². The molecular formula is C30H35N3O2S. The standard InChI is InChI=1S/C30H35N3O2S/c1-20-8-10-22(11-9-20)25-17-27(32-18-25)28-19-36-30(24-12-14-31-15-13-24)33(28)29(35)26(16-21(2)34)23-6-4-3-5-7-23/h3-11,18,24,26,28,30-31H,12-17,19H2,1-2H3/t26?,28-,30?/m0/s1. The molecule has 5 rings (SSSR count). The summed E-state index contributed by atoms with van der Waals surface area (Å²) in [5.41, 5.74) is 5.62. The van der Waals surface area contributed by atoms with Crippen LogP contribution in [0.3, 0.4) is 0 Å². The zero-order valence-corrected chi connectivity index (χ0v) is 22.0. The second kappa shape index (κ2) is 11.1. The van der Waals surface area contributed by atoms with Gasteiger partial charge in [0.15, 0.2) is 0 Å². The second-order valence-corrected chi connectivity index (χ2v) is 11.4. The Morgan fingerprint density at radius 2 is 1.81 bits per heavy atom. The van der Waals surface area contributed by atoms with Gasteiger partial charge in [0.05, 0.1) is 17.3 Å². The first kappa shape index (κ1) is 25.0. The summed E-state index contributed by atoms with van der Waals surface area (Å²) >= 11 is 1.90. The fourth-order valence-corrected chi connectivity index (χ4v) is 7.34. The Morgan fingerprint density at radius 1 is 1.08 bits per heavy atom. The normalized spacial score (nSPS) is 23.3. The van der Waals surface area contributed by atoms with Crippen molar-refractivity contribution < 1.29 is 9.59 Å². The molecule has 2 aromatic rings. The predicted molar refractivity (Wildman–Crippen MR) is 148 cm³/mol. The molecule has 0 aromatic heterocycles. The van der Waals surface area contributed by atoms with Crippen molar-refractivity contribution in [2.75, 3.05) is 18.8 Å². The Bertz CT molecular complexity index is 1150. The van der Waals surface area contributed by atoms with E-state index in [0.717, 1.165) is 49.4 Å². The van der Waals surface area contributed by atoms with Gasteiger partial charge >= 0.3 is 0 Å². The summed E-state index contributed by atoms with van der Waals surface area (Å²) in [4.78, 5) is 33.6. The van der Waals surface area contributed by atoms with E-state index in [1.54, 1.807) is 6.92 Å². The fourth-order valence-electron chi connectivity index (χ4n) is 5.65. The van der Waals surface area contributed by atoms with E-state index in [2.05, 4.69) is 41.4 Å². The van der Waals surface area contributed by atoms with E-state index in [9.17, 15) is 9.59 Å². The highest BCUT2D eigenvalue weighted by atomic mass is 32.2. The van der Waals surface area contributed by atoms with Gasteiger partial charge in [-0.25, -0.2) is 0 Å². The van der Waals surface area contributed by atoms with Crippen LogP contribution in [0.15, 0.2) is 65.8 Å². The third-order valence-electron chi connectivity index (χ3n) is 7.63. The molecule has 0 radical (unpaired) electrons. The van der Waals surface area contributed by atoms with Gasteiger partial charge in [-0.2, -0.15) is 0 Å². The number of piperidine rings is 1. The van der Waals surface area contributed by atoms with Gasteiger partial charge in [0.1, 0.15) is 5.78 Å². The summed E-state index contributed by atoms with van der Waals surface area (Å²) in [6, 6.07) is 18.4. The molecule has 1 amide bonds. The third-order valence-corrected chi connectivity index (χ3v) is 9.09. The molecule has 3 aliphatic heterocycles. The number of ketones is 1. The first-order chi connectivity index (χ1) is 17.5. The molecule has 3 heterocycles. The van der Waals surface area contributed by atoms with E-state index in [4.69, 9.17) is 4.99 Å². The number of thioether (sulfide) groups is 1. The lowest BCUT2D eigenvalue weighted by molar-refractivity contribution is -0.136. The number of hydrogen-bond donors (Lipinski definition) is 1. The Kier molecular flexibility index (Phi) is 7.73. The van der Waals surface area contributed by atoms with Crippen molar-refractivity contribution in [2.45, 2.75) is 56.9 Å². The number of aryl methyl sites for hydroxylation is 1. The van der Waals surface area contributed by atoms with E-state index in [1.165, 1.54) is 16.7 Å². The van der Waals surface area contributed by atoms with Crippen LogP contribution < -0.4 is 5.32 Å². The van der Waals surface area contributed by atoms with E-state index < -0.39 is 5.92 Å². The zero-order chi connectivity index (χ0) is 25.1. The first-order valence-corrected chi connectivity index (χ1v) is 14.1. The molecule has 2 fully saturated rings. The molecule has 3 atom stereocenters. The number of amides is 1. The highest BCUT2D eigenvalue weighted by Gasteiger charge is 2.46. The van der Waals surface area contributed by atoms with Crippen LogP contribution in [-0.4, -0.2) is 52.6 Å². The average Bonchev–Trinajstić information content (AvgIpc) is 3.56. The molecule has 3 aliphatic rings. The van der Waals surface area contributed by atoms with Gasteiger partial charge in [-0.15, -0.1) is 11.8 Å². The third kappa shape index (κ3) is 5.35. The summed E-state index contributed by atoms with van der Waals surface area (Å²) in [6.07, 6.45) is 5.11. The maximum Gasteiger partial charge on any atom is 0.232 e. The van der Waals surface area contributed by atoms with E-state index in [-0.39, 0.29) is 29.5 Å². The fraction of sp³-hybridized carbons (Fsp3) is 0.433. The molecule has 2 aromatic carbocycles. The Morgan fingerprint density at radius 3 is 2.50 bits per heavy atom. The van der Waals surface area contributed by atoms with E-state index in [1.807, 2.05) is 48.3 Å².